The van der Waals surface area contributed by atoms with Gasteiger partial charge >= 0.3 is 23.9 Å². The van der Waals surface area contributed by atoms with Crippen LogP contribution in [0.15, 0.2) is 60.8 Å². The predicted molar refractivity (Wildman–Crippen MR) is 285 cm³/mol. The number of carboxylic acids is 1. The van der Waals surface area contributed by atoms with Crippen molar-refractivity contribution in [3.63, 3.8) is 0 Å². The predicted octanol–water partition coefficient (Wildman–Crippen LogP) is 14.0. The Hall–Kier alpha value is -3.58. The highest BCUT2D eigenvalue weighted by atomic mass is 16.7. The average molecular weight is 1000 g/mol. The Labute approximate surface area is 430 Å². The summed E-state index contributed by atoms with van der Waals surface area (Å²) in [6.07, 6.45) is 44.9. The lowest BCUT2D eigenvalue weighted by Gasteiger charge is -2.40. The van der Waals surface area contributed by atoms with Crippen molar-refractivity contribution in [3.05, 3.63) is 60.8 Å². The van der Waals surface area contributed by atoms with E-state index >= 15 is 0 Å². The van der Waals surface area contributed by atoms with Crippen LogP contribution in [0, 0.1) is 0 Å². The summed E-state index contributed by atoms with van der Waals surface area (Å²) in [6, 6.07) is 0. The summed E-state index contributed by atoms with van der Waals surface area (Å²) < 4.78 is 28.3. The van der Waals surface area contributed by atoms with Crippen LogP contribution in [0.2, 0.25) is 0 Å². The molecule has 1 aliphatic rings. The normalized spacial score (nSPS) is 18.9. The first kappa shape index (κ1) is 65.4. The first-order chi connectivity index (χ1) is 34.6. The van der Waals surface area contributed by atoms with E-state index in [1.165, 1.54) is 70.6 Å². The smallest absolute Gasteiger partial charge is 0.335 e. The molecule has 0 amide bonds. The Morgan fingerprint density at radius 2 is 0.887 bits per heavy atom. The SMILES string of the molecule is CC/C=C\C/C=C\C/C=C\CCCCCCCC(=O)OC1C(OCC(COC(=O)CCCCCCCCC/C=C\C/C=C\CCCCC)OC(=O)CCCCCCCCCCC)OC(C(=O)O)C(O)C1O. The zero-order valence-electron chi connectivity index (χ0n) is 44.7. The Morgan fingerprint density at radius 1 is 0.479 bits per heavy atom. The molecule has 408 valence electrons. The second-order valence-corrected chi connectivity index (χ2v) is 19.2. The molecule has 0 aromatic carbocycles. The maximum Gasteiger partial charge on any atom is 0.335 e. The van der Waals surface area contributed by atoms with E-state index in [9.17, 15) is 34.5 Å². The monoisotopic (exact) mass is 1000 g/mol. The van der Waals surface area contributed by atoms with E-state index in [-0.39, 0.29) is 25.9 Å². The second-order valence-electron chi connectivity index (χ2n) is 19.2. The summed E-state index contributed by atoms with van der Waals surface area (Å²) in [4.78, 5) is 50.9. The van der Waals surface area contributed by atoms with Crippen LogP contribution in [0.4, 0.5) is 0 Å². The number of rotatable bonds is 47. The first-order valence-electron chi connectivity index (χ1n) is 28.3. The fraction of sp³-hybridized carbons (Fsp3) is 0.763. The molecule has 0 saturated carbocycles. The van der Waals surface area contributed by atoms with Crippen molar-refractivity contribution in [1.29, 1.82) is 0 Å². The molecule has 1 heterocycles. The van der Waals surface area contributed by atoms with Gasteiger partial charge in [-0.2, -0.15) is 0 Å². The Balaban J connectivity index is 2.67. The second kappa shape index (κ2) is 47.4. The van der Waals surface area contributed by atoms with Crippen molar-refractivity contribution >= 4 is 23.9 Å². The number of carboxylic acid groups (broad SMARTS) is 1. The van der Waals surface area contributed by atoms with Gasteiger partial charge in [-0.15, -0.1) is 0 Å². The molecule has 0 aromatic heterocycles. The van der Waals surface area contributed by atoms with Crippen molar-refractivity contribution in [1.82, 2.24) is 0 Å². The van der Waals surface area contributed by atoms with Crippen molar-refractivity contribution in [2.24, 2.45) is 0 Å². The van der Waals surface area contributed by atoms with Gasteiger partial charge in [-0.05, 0) is 83.5 Å². The van der Waals surface area contributed by atoms with Gasteiger partial charge in [0.2, 0.25) is 0 Å². The van der Waals surface area contributed by atoms with Crippen molar-refractivity contribution in [2.45, 2.75) is 276 Å². The van der Waals surface area contributed by atoms with Crippen LogP contribution in [0.1, 0.15) is 239 Å². The minimum Gasteiger partial charge on any atom is -0.479 e. The number of aliphatic hydroxyl groups is 2. The minimum absolute atomic E-state index is 0.0404. The van der Waals surface area contributed by atoms with E-state index in [0.717, 1.165) is 109 Å². The number of hydrogen-bond acceptors (Lipinski definition) is 11. The molecule has 1 aliphatic heterocycles. The third-order valence-corrected chi connectivity index (χ3v) is 12.6. The number of unbranched alkanes of at least 4 members (excludes halogenated alkanes) is 23. The summed E-state index contributed by atoms with van der Waals surface area (Å²) in [7, 11) is 0. The molecule has 12 nitrogen and oxygen atoms in total. The molecule has 6 unspecified atom stereocenters. The van der Waals surface area contributed by atoms with Crippen LogP contribution in [0.25, 0.3) is 0 Å². The van der Waals surface area contributed by atoms with Crippen LogP contribution in [-0.2, 0) is 42.9 Å². The lowest BCUT2D eigenvalue weighted by Crippen LogP contribution is -2.61. The number of hydrogen-bond donors (Lipinski definition) is 3. The summed E-state index contributed by atoms with van der Waals surface area (Å²) >= 11 is 0. The molecule has 0 radical (unpaired) electrons. The lowest BCUT2D eigenvalue weighted by atomic mass is 9.98. The van der Waals surface area contributed by atoms with Crippen molar-refractivity contribution in [2.75, 3.05) is 13.2 Å². The maximum atomic E-state index is 13.0. The maximum absolute atomic E-state index is 13.0. The van der Waals surface area contributed by atoms with Gasteiger partial charge in [-0.3, -0.25) is 14.4 Å². The van der Waals surface area contributed by atoms with Gasteiger partial charge < -0.3 is 39.0 Å². The quantitative estimate of drug-likeness (QED) is 0.0228. The highest BCUT2D eigenvalue weighted by Gasteiger charge is 2.50. The van der Waals surface area contributed by atoms with Gasteiger partial charge in [0.05, 0.1) is 6.61 Å². The molecule has 0 aromatic rings. The molecule has 12 heteroatoms. The number of esters is 3. The molecule has 0 aliphatic carbocycles. The molecule has 0 spiro atoms. The van der Waals surface area contributed by atoms with Gasteiger partial charge in [-0.25, -0.2) is 4.79 Å². The Bertz CT molecular complexity index is 1470. The standard InChI is InChI=1S/C59H100O12/c1-4-7-10-13-16-19-21-23-25-26-28-29-31-34-36-39-42-45-51(60)67-48-50(69-52(61)46-43-40-37-33-18-15-12-9-6-3)49-68-59-57(55(64)54(63)56(71-59)58(65)66)70-53(62)47-44-41-38-35-32-30-27-24-22-20-17-14-11-8-5-2/h8,11,16-17,19-20,23-25,27,50,54-57,59,63-64H,4-7,9-10,12-15,18,21-22,26,28-49H2,1-3H3,(H,65,66)/b11-8-,19-16-,20-17-,25-23-,27-24-. The van der Waals surface area contributed by atoms with E-state index < -0.39 is 67.3 Å². The van der Waals surface area contributed by atoms with E-state index in [4.69, 9.17) is 23.7 Å². The van der Waals surface area contributed by atoms with Gasteiger partial charge in [0.25, 0.3) is 0 Å². The van der Waals surface area contributed by atoms with E-state index in [1.807, 2.05) is 0 Å². The average Bonchev–Trinajstić information content (AvgIpc) is 3.35. The van der Waals surface area contributed by atoms with Crippen LogP contribution < -0.4 is 0 Å². The third-order valence-electron chi connectivity index (χ3n) is 12.6. The first-order valence-corrected chi connectivity index (χ1v) is 28.3. The molecule has 1 fully saturated rings. The minimum atomic E-state index is -1.91. The lowest BCUT2D eigenvalue weighted by molar-refractivity contribution is -0.301. The topological polar surface area (TPSA) is 175 Å². The molecular formula is C59H100O12. The molecule has 0 bridgehead atoms. The van der Waals surface area contributed by atoms with E-state index in [1.54, 1.807) is 0 Å². The van der Waals surface area contributed by atoms with Crippen LogP contribution in [0.5, 0.6) is 0 Å². The van der Waals surface area contributed by atoms with Crippen LogP contribution >= 0.6 is 0 Å². The highest BCUT2D eigenvalue weighted by molar-refractivity contribution is 5.74. The zero-order chi connectivity index (χ0) is 51.8. The third kappa shape index (κ3) is 37.8. The Kier molecular flexibility index (Phi) is 43.7. The molecule has 1 saturated heterocycles. The van der Waals surface area contributed by atoms with Gasteiger partial charge in [0, 0.05) is 19.3 Å². The number of carbonyl (C=O) groups excluding carboxylic acids is 3. The summed E-state index contributed by atoms with van der Waals surface area (Å²) in [5.41, 5.74) is 0. The number of allylic oxidation sites excluding steroid dienone is 10. The molecule has 3 N–H and O–H groups in total. The van der Waals surface area contributed by atoms with Crippen molar-refractivity contribution in [3.8, 4) is 0 Å². The Morgan fingerprint density at radius 3 is 1.38 bits per heavy atom. The number of aliphatic carboxylic acids is 1. The summed E-state index contributed by atoms with van der Waals surface area (Å²) in [5.74, 6) is -3.15. The van der Waals surface area contributed by atoms with Crippen LogP contribution in [-0.4, -0.2) is 89.2 Å². The number of aliphatic hydroxyl groups excluding tert-OH is 2. The fourth-order valence-corrected chi connectivity index (χ4v) is 8.24. The molecule has 1 rings (SSSR count). The number of carbonyl (C=O) groups is 4. The molecule has 6 atom stereocenters. The van der Waals surface area contributed by atoms with Gasteiger partial charge in [0.1, 0.15) is 18.8 Å². The largest absolute Gasteiger partial charge is 0.479 e. The van der Waals surface area contributed by atoms with Gasteiger partial charge in [-0.1, -0.05) is 197 Å². The highest BCUT2D eigenvalue weighted by Crippen LogP contribution is 2.26. The summed E-state index contributed by atoms with van der Waals surface area (Å²) in [6.45, 7) is 5.81. The molecule has 71 heavy (non-hydrogen) atoms. The van der Waals surface area contributed by atoms with Crippen molar-refractivity contribution < 1.29 is 58.2 Å². The fourth-order valence-electron chi connectivity index (χ4n) is 8.24. The molecular weight excluding hydrogens is 901 g/mol. The van der Waals surface area contributed by atoms with Crippen LogP contribution in [0.3, 0.4) is 0 Å². The number of ether oxygens (including phenoxy) is 5. The summed E-state index contributed by atoms with van der Waals surface area (Å²) in [5, 5.41) is 31.4. The van der Waals surface area contributed by atoms with E-state index in [2.05, 4.69) is 81.5 Å². The van der Waals surface area contributed by atoms with Gasteiger partial charge in [0.15, 0.2) is 24.6 Å². The zero-order valence-corrected chi connectivity index (χ0v) is 44.7. The van der Waals surface area contributed by atoms with E-state index in [0.29, 0.717) is 19.3 Å².